The Balaban J connectivity index is 2.37. The predicted octanol–water partition coefficient (Wildman–Crippen LogP) is 1.78. The van der Waals surface area contributed by atoms with E-state index in [-0.39, 0.29) is 18.7 Å². The van der Waals surface area contributed by atoms with Crippen LogP contribution in [0, 0.1) is 0 Å². The van der Waals surface area contributed by atoms with Crippen molar-refractivity contribution in [3.05, 3.63) is 35.4 Å². The molecule has 0 atom stereocenters. The van der Waals surface area contributed by atoms with E-state index >= 15 is 0 Å². The van der Waals surface area contributed by atoms with Gasteiger partial charge in [-0.3, -0.25) is 4.79 Å². The lowest BCUT2D eigenvalue weighted by molar-refractivity contribution is -0.173. The Morgan fingerprint density at radius 2 is 1.71 bits per heavy atom. The normalized spacial score (nSPS) is 11.0. The van der Waals surface area contributed by atoms with Crippen LogP contribution in [-0.4, -0.2) is 44.9 Å². The van der Waals surface area contributed by atoms with Gasteiger partial charge in [0, 0.05) is 12.1 Å². The van der Waals surface area contributed by atoms with Gasteiger partial charge in [0.2, 0.25) is 0 Å². The van der Waals surface area contributed by atoms with Crippen LogP contribution in [0.25, 0.3) is 0 Å². The summed E-state index contributed by atoms with van der Waals surface area (Å²) in [6.07, 6.45) is -4.38. The molecule has 116 valence electrons. The zero-order valence-corrected chi connectivity index (χ0v) is 11.2. The molecule has 21 heavy (non-hydrogen) atoms. The van der Waals surface area contributed by atoms with E-state index in [1.165, 1.54) is 31.4 Å². The highest BCUT2D eigenvalue weighted by atomic mass is 19.4. The van der Waals surface area contributed by atoms with Gasteiger partial charge >= 0.3 is 12.1 Å². The highest BCUT2D eigenvalue weighted by molar-refractivity contribution is 5.96. The van der Waals surface area contributed by atoms with E-state index in [1.54, 1.807) is 0 Å². The van der Waals surface area contributed by atoms with E-state index in [0.29, 0.717) is 5.56 Å². The molecule has 0 unspecified atom stereocenters. The van der Waals surface area contributed by atoms with Crippen LogP contribution >= 0.6 is 0 Å². The third kappa shape index (κ3) is 6.26. The second-order valence-electron chi connectivity index (χ2n) is 3.99. The van der Waals surface area contributed by atoms with Crippen molar-refractivity contribution < 1.29 is 32.2 Å². The second kappa shape index (κ2) is 7.63. The highest BCUT2D eigenvalue weighted by Crippen LogP contribution is 2.14. The molecule has 1 rings (SSSR count). The summed E-state index contributed by atoms with van der Waals surface area (Å²) in [5.41, 5.74) is 0.570. The van der Waals surface area contributed by atoms with Gasteiger partial charge < -0.3 is 14.8 Å². The topological polar surface area (TPSA) is 64.6 Å². The Morgan fingerprint density at radius 3 is 2.24 bits per heavy atom. The fourth-order valence-electron chi connectivity index (χ4n) is 1.40. The maximum Gasteiger partial charge on any atom is 0.411 e. The summed E-state index contributed by atoms with van der Waals surface area (Å²) in [6, 6.07) is 5.66. The number of alkyl halides is 3. The zero-order valence-electron chi connectivity index (χ0n) is 11.2. The van der Waals surface area contributed by atoms with Crippen molar-refractivity contribution in [2.24, 2.45) is 0 Å². The first-order valence-electron chi connectivity index (χ1n) is 5.94. The molecule has 0 spiro atoms. The van der Waals surface area contributed by atoms with Crippen molar-refractivity contribution in [3.63, 3.8) is 0 Å². The van der Waals surface area contributed by atoms with E-state index < -0.39 is 24.7 Å². The SMILES string of the molecule is COC(=O)c1ccc(C(=O)NCCOCC(F)(F)F)cc1. The van der Waals surface area contributed by atoms with Crippen molar-refractivity contribution in [2.45, 2.75) is 6.18 Å². The number of nitrogens with one attached hydrogen (secondary N) is 1. The molecule has 0 heterocycles. The van der Waals surface area contributed by atoms with Gasteiger partial charge in [-0.25, -0.2) is 4.79 Å². The molecule has 8 heteroatoms. The summed E-state index contributed by atoms with van der Waals surface area (Å²) in [5.74, 6) is -0.996. The van der Waals surface area contributed by atoms with Crippen LogP contribution in [0.3, 0.4) is 0 Å². The first kappa shape index (κ1) is 17.0. The first-order chi connectivity index (χ1) is 9.83. The monoisotopic (exact) mass is 305 g/mol. The van der Waals surface area contributed by atoms with E-state index in [4.69, 9.17) is 0 Å². The molecule has 1 N–H and O–H groups in total. The van der Waals surface area contributed by atoms with Crippen LogP contribution in [0.1, 0.15) is 20.7 Å². The minimum absolute atomic E-state index is 0.0479. The fourth-order valence-corrected chi connectivity index (χ4v) is 1.40. The predicted molar refractivity (Wildman–Crippen MR) is 67.0 cm³/mol. The summed E-state index contributed by atoms with van der Waals surface area (Å²) in [4.78, 5) is 22.8. The molecule has 1 amide bonds. The number of carbonyl (C=O) groups is 2. The van der Waals surface area contributed by atoms with Crippen LogP contribution in [0.15, 0.2) is 24.3 Å². The number of rotatable bonds is 6. The Bertz CT molecular complexity index is 485. The van der Waals surface area contributed by atoms with Crippen LogP contribution in [-0.2, 0) is 9.47 Å². The van der Waals surface area contributed by atoms with Gasteiger partial charge in [0.1, 0.15) is 6.61 Å². The van der Waals surface area contributed by atoms with E-state index in [1.807, 2.05) is 0 Å². The number of esters is 1. The third-order valence-corrected chi connectivity index (χ3v) is 2.37. The Labute approximate surface area is 119 Å². The number of amides is 1. The number of hydrogen-bond donors (Lipinski definition) is 1. The van der Waals surface area contributed by atoms with Gasteiger partial charge in [-0.15, -0.1) is 0 Å². The molecule has 0 bridgehead atoms. The van der Waals surface area contributed by atoms with Gasteiger partial charge in [-0.05, 0) is 24.3 Å². The number of halogens is 3. The minimum Gasteiger partial charge on any atom is -0.465 e. The smallest absolute Gasteiger partial charge is 0.411 e. The molecule has 0 fully saturated rings. The Hall–Kier alpha value is -2.09. The molecule has 0 saturated heterocycles. The van der Waals surface area contributed by atoms with Gasteiger partial charge in [0.25, 0.3) is 5.91 Å². The lowest BCUT2D eigenvalue weighted by Gasteiger charge is -2.08. The largest absolute Gasteiger partial charge is 0.465 e. The van der Waals surface area contributed by atoms with Gasteiger partial charge in [0.15, 0.2) is 0 Å². The van der Waals surface area contributed by atoms with Gasteiger partial charge in [0.05, 0.1) is 19.3 Å². The molecular weight excluding hydrogens is 291 g/mol. The van der Waals surface area contributed by atoms with Gasteiger partial charge in [-0.1, -0.05) is 0 Å². The van der Waals surface area contributed by atoms with Crippen molar-refractivity contribution >= 4 is 11.9 Å². The minimum atomic E-state index is -4.38. The molecule has 1 aromatic rings. The van der Waals surface area contributed by atoms with Crippen LogP contribution < -0.4 is 5.32 Å². The van der Waals surface area contributed by atoms with E-state index in [9.17, 15) is 22.8 Å². The molecule has 0 aliphatic carbocycles. The van der Waals surface area contributed by atoms with E-state index in [0.717, 1.165) is 0 Å². The molecule has 1 aromatic carbocycles. The summed E-state index contributed by atoms with van der Waals surface area (Å²) < 4.78 is 44.2. The van der Waals surface area contributed by atoms with E-state index in [2.05, 4.69) is 14.8 Å². The quantitative estimate of drug-likeness (QED) is 0.643. The second-order valence-corrected chi connectivity index (χ2v) is 3.99. The van der Waals surface area contributed by atoms with Gasteiger partial charge in [-0.2, -0.15) is 13.2 Å². The summed E-state index contributed by atoms with van der Waals surface area (Å²) >= 11 is 0. The first-order valence-corrected chi connectivity index (χ1v) is 5.94. The summed E-state index contributed by atoms with van der Waals surface area (Å²) in [7, 11) is 1.24. The van der Waals surface area contributed by atoms with Crippen molar-refractivity contribution in [2.75, 3.05) is 26.9 Å². The molecule has 0 saturated carbocycles. The summed E-state index contributed by atoms with van der Waals surface area (Å²) in [6.45, 7) is -1.64. The number of carbonyl (C=O) groups excluding carboxylic acids is 2. The number of methoxy groups -OCH3 is 1. The molecule has 0 aromatic heterocycles. The molecule has 0 radical (unpaired) electrons. The molecule has 5 nitrogen and oxygen atoms in total. The lowest BCUT2D eigenvalue weighted by Crippen LogP contribution is -2.28. The maximum atomic E-state index is 11.8. The molecule has 0 aliphatic heterocycles. The Morgan fingerprint density at radius 1 is 1.14 bits per heavy atom. The lowest BCUT2D eigenvalue weighted by atomic mass is 10.1. The fraction of sp³-hybridized carbons (Fsp3) is 0.385. The van der Waals surface area contributed by atoms with Crippen LogP contribution in [0.4, 0.5) is 13.2 Å². The Kier molecular flexibility index (Phi) is 6.16. The molecular formula is C13H14F3NO4. The summed E-state index contributed by atoms with van der Waals surface area (Å²) in [5, 5.41) is 2.40. The van der Waals surface area contributed by atoms with Crippen LogP contribution in [0.5, 0.6) is 0 Å². The van der Waals surface area contributed by atoms with Crippen molar-refractivity contribution in [1.82, 2.24) is 5.32 Å². The molecule has 0 aliphatic rings. The van der Waals surface area contributed by atoms with Crippen LogP contribution in [0.2, 0.25) is 0 Å². The third-order valence-electron chi connectivity index (χ3n) is 2.37. The maximum absolute atomic E-state index is 11.8. The van der Waals surface area contributed by atoms with Crippen molar-refractivity contribution in [3.8, 4) is 0 Å². The average Bonchev–Trinajstić information content (AvgIpc) is 2.44. The number of benzene rings is 1. The number of ether oxygens (including phenoxy) is 2. The average molecular weight is 305 g/mol. The van der Waals surface area contributed by atoms with Crippen molar-refractivity contribution in [1.29, 1.82) is 0 Å². The highest BCUT2D eigenvalue weighted by Gasteiger charge is 2.27. The standard InChI is InChI=1S/C13H14F3NO4/c1-20-12(19)10-4-2-9(3-5-10)11(18)17-6-7-21-8-13(14,15)16/h2-5H,6-8H2,1H3,(H,17,18). The zero-order chi connectivity index (χ0) is 15.9. The number of hydrogen-bond acceptors (Lipinski definition) is 4.